The highest BCUT2D eigenvalue weighted by Gasteiger charge is 2.11. The Labute approximate surface area is 112 Å². The fourth-order valence-corrected chi connectivity index (χ4v) is 2.14. The standard InChI is InChI=1S/C15H18N2O2/c1-4-11-9-12(5-2)17(16-11)13-6-7-14(15(18)19)10(3)8-13/h6-9H,4-5H2,1-3H3,(H,18,19). The first-order valence-corrected chi connectivity index (χ1v) is 6.49. The molecule has 0 aliphatic heterocycles. The van der Waals surface area contributed by atoms with Gasteiger partial charge in [-0.15, -0.1) is 0 Å². The Morgan fingerprint density at radius 3 is 2.53 bits per heavy atom. The smallest absolute Gasteiger partial charge is 0.335 e. The molecule has 0 amide bonds. The number of hydrogen-bond donors (Lipinski definition) is 1. The summed E-state index contributed by atoms with van der Waals surface area (Å²) in [6, 6.07) is 7.41. The zero-order valence-electron chi connectivity index (χ0n) is 11.5. The molecule has 0 saturated heterocycles. The number of aryl methyl sites for hydroxylation is 3. The monoisotopic (exact) mass is 258 g/mol. The maximum atomic E-state index is 11.0. The molecule has 0 saturated carbocycles. The van der Waals surface area contributed by atoms with Crippen LogP contribution in [-0.4, -0.2) is 20.9 Å². The van der Waals surface area contributed by atoms with Gasteiger partial charge in [-0.3, -0.25) is 0 Å². The van der Waals surface area contributed by atoms with Crippen molar-refractivity contribution < 1.29 is 9.90 Å². The third-order valence-corrected chi connectivity index (χ3v) is 3.24. The third kappa shape index (κ3) is 2.52. The minimum atomic E-state index is -0.894. The minimum Gasteiger partial charge on any atom is -0.478 e. The highest BCUT2D eigenvalue weighted by Crippen LogP contribution is 2.18. The van der Waals surface area contributed by atoms with Gasteiger partial charge in [0, 0.05) is 5.69 Å². The summed E-state index contributed by atoms with van der Waals surface area (Å²) in [6.07, 6.45) is 1.79. The molecule has 4 nitrogen and oxygen atoms in total. The first-order chi connectivity index (χ1) is 9.06. The molecule has 1 heterocycles. The van der Waals surface area contributed by atoms with Crippen LogP contribution < -0.4 is 0 Å². The third-order valence-electron chi connectivity index (χ3n) is 3.24. The van der Waals surface area contributed by atoms with E-state index in [9.17, 15) is 4.79 Å². The Morgan fingerprint density at radius 1 is 1.26 bits per heavy atom. The second-order valence-electron chi connectivity index (χ2n) is 4.55. The van der Waals surface area contributed by atoms with E-state index in [0.717, 1.165) is 35.5 Å². The molecular weight excluding hydrogens is 240 g/mol. The molecule has 0 spiro atoms. The summed E-state index contributed by atoms with van der Waals surface area (Å²) >= 11 is 0. The Bertz CT molecular complexity index is 615. The molecule has 0 bridgehead atoms. The summed E-state index contributed by atoms with van der Waals surface area (Å²) in [6.45, 7) is 5.97. The van der Waals surface area contributed by atoms with Crippen molar-refractivity contribution in [2.45, 2.75) is 33.6 Å². The molecule has 4 heteroatoms. The lowest BCUT2D eigenvalue weighted by atomic mass is 10.1. The first kappa shape index (κ1) is 13.3. The quantitative estimate of drug-likeness (QED) is 0.917. The van der Waals surface area contributed by atoms with Crippen LogP contribution in [0.1, 0.15) is 41.2 Å². The normalized spacial score (nSPS) is 10.7. The summed E-state index contributed by atoms with van der Waals surface area (Å²) in [5, 5.41) is 13.6. The van der Waals surface area contributed by atoms with Gasteiger partial charge >= 0.3 is 5.97 Å². The van der Waals surface area contributed by atoms with Gasteiger partial charge in [-0.05, 0) is 49.6 Å². The molecule has 1 N–H and O–H groups in total. The number of carboxylic acid groups (broad SMARTS) is 1. The van der Waals surface area contributed by atoms with Crippen LogP contribution in [0.3, 0.4) is 0 Å². The number of hydrogen-bond acceptors (Lipinski definition) is 2. The van der Waals surface area contributed by atoms with E-state index in [1.165, 1.54) is 0 Å². The lowest BCUT2D eigenvalue weighted by Gasteiger charge is -2.08. The van der Waals surface area contributed by atoms with Crippen molar-refractivity contribution in [1.29, 1.82) is 0 Å². The van der Waals surface area contributed by atoms with Gasteiger partial charge in [0.25, 0.3) is 0 Å². The van der Waals surface area contributed by atoms with E-state index in [-0.39, 0.29) is 0 Å². The van der Waals surface area contributed by atoms with Crippen molar-refractivity contribution in [3.8, 4) is 5.69 Å². The SMILES string of the molecule is CCc1cc(CC)n(-c2ccc(C(=O)O)c(C)c2)n1. The van der Waals surface area contributed by atoms with E-state index >= 15 is 0 Å². The van der Waals surface area contributed by atoms with Crippen LogP contribution in [0.4, 0.5) is 0 Å². The molecule has 0 aliphatic rings. The van der Waals surface area contributed by atoms with E-state index in [2.05, 4.69) is 25.0 Å². The zero-order valence-corrected chi connectivity index (χ0v) is 11.5. The molecule has 2 rings (SSSR count). The van der Waals surface area contributed by atoms with Crippen molar-refractivity contribution in [1.82, 2.24) is 9.78 Å². The fraction of sp³-hybridized carbons (Fsp3) is 0.333. The van der Waals surface area contributed by atoms with Crippen LogP contribution >= 0.6 is 0 Å². The predicted molar refractivity (Wildman–Crippen MR) is 74.0 cm³/mol. The average Bonchev–Trinajstić information content (AvgIpc) is 2.81. The van der Waals surface area contributed by atoms with Gasteiger partial charge in [-0.2, -0.15) is 5.10 Å². The molecular formula is C15H18N2O2. The van der Waals surface area contributed by atoms with E-state index in [1.807, 2.05) is 23.7 Å². The Balaban J connectivity index is 2.50. The Hall–Kier alpha value is -2.10. The molecule has 0 aliphatic carbocycles. The molecule has 1 aromatic carbocycles. The van der Waals surface area contributed by atoms with Gasteiger partial charge in [0.2, 0.25) is 0 Å². The number of carboxylic acids is 1. The van der Waals surface area contributed by atoms with Gasteiger partial charge in [0.05, 0.1) is 16.9 Å². The summed E-state index contributed by atoms with van der Waals surface area (Å²) in [7, 11) is 0. The Kier molecular flexibility index (Phi) is 3.69. The van der Waals surface area contributed by atoms with Crippen molar-refractivity contribution in [3.05, 3.63) is 46.8 Å². The van der Waals surface area contributed by atoms with E-state index in [0.29, 0.717) is 5.56 Å². The van der Waals surface area contributed by atoms with Crippen LogP contribution in [0.25, 0.3) is 5.69 Å². The average molecular weight is 258 g/mol. The summed E-state index contributed by atoms with van der Waals surface area (Å²) in [4.78, 5) is 11.0. The maximum absolute atomic E-state index is 11.0. The highest BCUT2D eigenvalue weighted by molar-refractivity contribution is 5.89. The second kappa shape index (κ2) is 5.26. The zero-order chi connectivity index (χ0) is 14.0. The largest absolute Gasteiger partial charge is 0.478 e. The summed E-state index contributed by atoms with van der Waals surface area (Å²) in [5.41, 5.74) is 4.19. The van der Waals surface area contributed by atoms with Crippen LogP contribution in [0.5, 0.6) is 0 Å². The van der Waals surface area contributed by atoms with Gasteiger partial charge in [-0.1, -0.05) is 13.8 Å². The first-order valence-electron chi connectivity index (χ1n) is 6.49. The van der Waals surface area contributed by atoms with Crippen LogP contribution in [0, 0.1) is 6.92 Å². The van der Waals surface area contributed by atoms with E-state index < -0.39 is 5.97 Å². The number of aromatic nitrogens is 2. The van der Waals surface area contributed by atoms with Gasteiger partial charge in [0.1, 0.15) is 0 Å². The van der Waals surface area contributed by atoms with E-state index in [4.69, 9.17) is 5.11 Å². The number of rotatable bonds is 4. The number of nitrogens with zero attached hydrogens (tertiary/aromatic N) is 2. The molecule has 100 valence electrons. The lowest BCUT2D eigenvalue weighted by molar-refractivity contribution is 0.0696. The summed E-state index contributed by atoms with van der Waals surface area (Å²) < 4.78 is 1.90. The van der Waals surface area contributed by atoms with Gasteiger partial charge in [0.15, 0.2) is 0 Å². The number of carbonyl (C=O) groups is 1. The minimum absolute atomic E-state index is 0.338. The van der Waals surface area contributed by atoms with Crippen LogP contribution in [0.15, 0.2) is 24.3 Å². The molecule has 0 atom stereocenters. The van der Waals surface area contributed by atoms with Gasteiger partial charge < -0.3 is 5.11 Å². The highest BCUT2D eigenvalue weighted by atomic mass is 16.4. The molecule has 1 aromatic heterocycles. The molecule has 0 radical (unpaired) electrons. The van der Waals surface area contributed by atoms with Crippen molar-refractivity contribution >= 4 is 5.97 Å². The topological polar surface area (TPSA) is 55.1 Å². The molecule has 0 fully saturated rings. The molecule has 19 heavy (non-hydrogen) atoms. The lowest BCUT2D eigenvalue weighted by Crippen LogP contribution is -2.05. The van der Waals surface area contributed by atoms with Gasteiger partial charge in [-0.25, -0.2) is 9.48 Å². The van der Waals surface area contributed by atoms with Crippen molar-refractivity contribution in [3.63, 3.8) is 0 Å². The molecule has 0 unspecified atom stereocenters. The maximum Gasteiger partial charge on any atom is 0.335 e. The summed E-state index contributed by atoms with van der Waals surface area (Å²) in [5.74, 6) is -0.894. The van der Waals surface area contributed by atoms with Crippen LogP contribution in [-0.2, 0) is 12.8 Å². The number of benzene rings is 1. The second-order valence-corrected chi connectivity index (χ2v) is 4.55. The Morgan fingerprint density at radius 2 is 2.00 bits per heavy atom. The van der Waals surface area contributed by atoms with Crippen LogP contribution in [0.2, 0.25) is 0 Å². The number of aromatic carboxylic acids is 1. The van der Waals surface area contributed by atoms with Crippen molar-refractivity contribution in [2.24, 2.45) is 0 Å². The van der Waals surface area contributed by atoms with Crippen molar-refractivity contribution in [2.75, 3.05) is 0 Å². The fourth-order valence-electron chi connectivity index (χ4n) is 2.14. The predicted octanol–water partition coefficient (Wildman–Crippen LogP) is 3.00. The molecule has 2 aromatic rings. The van der Waals surface area contributed by atoms with E-state index in [1.54, 1.807) is 6.07 Å².